The van der Waals surface area contributed by atoms with Gasteiger partial charge in [-0.25, -0.2) is 4.98 Å². The molecule has 1 heterocycles. The van der Waals surface area contributed by atoms with Crippen molar-refractivity contribution in [2.75, 3.05) is 17.2 Å². The van der Waals surface area contributed by atoms with Gasteiger partial charge in [0, 0.05) is 24.5 Å². The van der Waals surface area contributed by atoms with Crippen molar-refractivity contribution in [3.63, 3.8) is 0 Å². The number of carbonyl (C=O) groups excluding carboxylic acids is 2. The van der Waals surface area contributed by atoms with Gasteiger partial charge in [-0.05, 0) is 36.4 Å². The summed E-state index contributed by atoms with van der Waals surface area (Å²) in [6.07, 6.45) is -3.31. The zero-order valence-electron chi connectivity index (χ0n) is 13.1. The number of hydrogen-bond acceptors (Lipinski definition) is 4. The minimum absolute atomic E-state index is 0.127. The third-order valence-corrected chi connectivity index (χ3v) is 2.85. The maximum absolute atomic E-state index is 12.3. The Labute approximate surface area is 141 Å². The highest BCUT2D eigenvalue weighted by molar-refractivity contribution is 6.05. The number of hydrogen-bond donors (Lipinski definition) is 2. The molecule has 0 bridgehead atoms. The van der Waals surface area contributed by atoms with Crippen LogP contribution in [0, 0.1) is 0 Å². The average Bonchev–Trinajstić information content (AvgIpc) is 2.54. The highest BCUT2D eigenvalue weighted by Gasteiger charge is 2.29. The van der Waals surface area contributed by atoms with Crippen molar-refractivity contribution in [2.45, 2.75) is 13.1 Å². The lowest BCUT2D eigenvalue weighted by Crippen LogP contribution is -2.22. The number of carbonyl (C=O) groups is 2. The summed E-state index contributed by atoms with van der Waals surface area (Å²) < 4.78 is 41.4. The van der Waals surface area contributed by atoms with Gasteiger partial charge >= 0.3 is 6.18 Å². The van der Waals surface area contributed by atoms with Gasteiger partial charge in [0.25, 0.3) is 5.91 Å². The Hall–Kier alpha value is -3.10. The van der Waals surface area contributed by atoms with Gasteiger partial charge in [0.2, 0.25) is 11.8 Å². The molecule has 0 atom stereocenters. The summed E-state index contributed by atoms with van der Waals surface area (Å²) in [5.74, 6) is -1.32. The first-order valence-corrected chi connectivity index (χ1v) is 7.08. The van der Waals surface area contributed by atoms with Crippen molar-refractivity contribution in [3.8, 4) is 5.88 Å². The molecular weight excluding hydrogens is 339 g/mol. The molecule has 2 amide bonds. The number of halogens is 3. The largest absolute Gasteiger partial charge is 0.467 e. The maximum atomic E-state index is 12.3. The lowest BCUT2D eigenvalue weighted by molar-refractivity contribution is -0.154. The molecule has 0 fully saturated rings. The van der Waals surface area contributed by atoms with E-state index in [9.17, 15) is 22.8 Å². The van der Waals surface area contributed by atoms with Gasteiger partial charge in [0.15, 0.2) is 6.61 Å². The van der Waals surface area contributed by atoms with Crippen molar-refractivity contribution in [2.24, 2.45) is 0 Å². The van der Waals surface area contributed by atoms with Crippen LogP contribution < -0.4 is 15.4 Å². The lowest BCUT2D eigenvalue weighted by Gasteiger charge is -2.12. The van der Waals surface area contributed by atoms with Gasteiger partial charge in [-0.2, -0.15) is 13.2 Å². The van der Waals surface area contributed by atoms with Gasteiger partial charge in [-0.1, -0.05) is 0 Å². The van der Waals surface area contributed by atoms with E-state index in [1.807, 2.05) is 0 Å². The van der Waals surface area contributed by atoms with E-state index in [-0.39, 0.29) is 11.5 Å². The van der Waals surface area contributed by atoms with Crippen molar-refractivity contribution in [3.05, 3.63) is 48.2 Å². The molecule has 0 saturated carbocycles. The van der Waals surface area contributed by atoms with Crippen LogP contribution in [0.1, 0.15) is 17.3 Å². The fraction of sp³-hybridized carbons (Fsp3) is 0.188. The standard InChI is InChI=1S/C16H14F3N3O3/c1-10(23)21-11-4-6-12(7-5-11)22-14(24)13-3-2-8-20-15(13)25-9-16(17,18)19/h2-8H,9H2,1H3,(H,21,23)(H,22,24). The molecule has 9 heteroatoms. The second-order valence-electron chi connectivity index (χ2n) is 4.97. The average molecular weight is 353 g/mol. The molecule has 2 aromatic rings. The van der Waals surface area contributed by atoms with Crippen LogP contribution in [0.15, 0.2) is 42.6 Å². The summed E-state index contributed by atoms with van der Waals surface area (Å²) in [4.78, 5) is 26.8. The van der Waals surface area contributed by atoms with Crippen LogP contribution in [0.5, 0.6) is 5.88 Å². The van der Waals surface area contributed by atoms with Gasteiger partial charge < -0.3 is 15.4 Å². The van der Waals surface area contributed by atoms with E-state index in [0.717, 1.165) is 0 Å². The van der Waals surface area contributed by atoms with E-state index in [4.69, 9.17) is 0 Å². The number of benzene rings is 1. The van der Waals surface area contributed by atoms with E-state index in [1.54, 1.807) is 12.1 Å². The van der Waals surface area contributed by atoms with E-state index in [2.05, 4.69) is 20.4 Å². The second kappa shape index (κ2) is 7.65. The fourth-order valence-electron chi connectivity index (χ4n) is 1.87. The molecule has 1 aromatic heterocycles. The monoisotopic (exact) mass is 353 g/mol. The van der Waals surface area contributed by atoms with Crippen LogP contribution in [0.3, 0.4) is 0 Å². The van der Waals surface area contributed by atoms with E-state index in [1.165, 1.54) is 37.4 Å². The first-order valence-electron chi connectivity index (χ1n) is 7.08. The molecule has 1 aromatic carbocycles. The minimum Gasteiger partial charge on any atom is -0.467 e. The van der Waals surface area contributed by atoms with Crippen molar-refractivity contribution < 1.29 is 27.5 Å². The second-order valence-corrected chi connectivity index (χ2v) is 4.97. The first kappa shape index (κ1) is 18.2. The summed E-state index contributed by atoms with van der Waals surface area (Å²) in [5.41, 5.74) is 0.809. The number of nitrogens with zero attached hydrogens (tertiary/aromatic N) is 1. The molecule has 0 aliphatic heterocycles. The predicted octanol–water partition coefficient (Wildman–Crippen LogP) is 3.23. The number of pyridine rings is 1. The molecule has 0 aliphatic rings. The zero-order chi connectivity index (χ0) is 18.4. The normalized spacial score (nSPS) is 10.9. The Bertz CT molecular complexity index is 761. The van der Waals surface area contributed by atoms with Gasteiger partial charge in [-0.3, -0.25) is 9.59 Å². The van der Waals surface area contributed by atoms with Crippen LogP contribution >= 0.6 is 0 Å². The molecule has 2 rings (SSSR count). The van der Waals surface area contributed by atoms with Crippen molar-refractivity contribution in [1.82, 2.24) is 4.98 Å². The lowest BCUT2D eigenvalue weighted by atomic mass is 10.2. The van der Waals surface area contributed by atoms with Gasteiger partial charge in [0.05, 0.1) is 0 Å². The third-order valence-electron chi connectivity index (χ3n) is 2.85. The topological polar surface area (TPSA) is 80.3 Å². The molecule has 132 valence electrons. The number of amides is 2. The number of nitrogens with one attached hydrogen (secondary N) is 2. The quantitative estimate of drug-likeness (QED) is 0.865. The molecule has 0 radical (unpaired) electrons. The predicted molar refractivity (Wildman–Crippen MR) is 84.5 cm³/mol. The van der Waals surface area contributed by atoms with Gasteiger partial charge in [0.1, 0.15) is 5.56 Å². The van der Waals surface area contributed by atoms with E-state index in [0.29, 0.717) is 11.4 Å². The highest BCUT2D eigenvalue weighted by Crippen LogP contribution is 2.21. The van der Waals surface area contributed by atoms with Crippen LogP contribution in [-0.2, 0) is 4.79 Å². The van der Waals surface area contributed by atoms with Crippen molar-refractivity contribution in [1.29, 1.82) is 0 Å². The SMILES string of the molecule is CC(=O)Nc1ccc(NC(=O)c2cccnc2OCC(F)(F)F)cc1. The molecular formula is C16H14F3N3O3. The van der Waals surface area contributed by atoms with Crippen LogP contribution in [0.4, 0.5) is 24.5 Å². The number of anilines is 2. The zero-order valence-corrected chi connectivity index (χ0v) is 13.1. The fourth-order valence-corrected chi connectivity index (χ4v) is 1.87. The molecule has 6 nitrogen and oxygen atoms in total. The summed E-state index contributed by atoms with van der Waals surface area (Å²) in [6.45, 7) is -0.184. The number of rotatable bonds is 5. The Kier molecular flexibility index (Phi) is 5.58. The molecule has 0 saturated heterocycles. The highest BCUT2D eigenvalue weighted by atomic mass is 19.4. The Balaban J connectivity index is 2.09. The van der Waals surface area contributed by atoms with Crippen LogP contribution in [0.2, 0.25) is 0 Å². The summed E-state index contributed by atoms with van der Waals surface area (Å²) in [6, 6.07) is 8.93. The Morgan fingerprint density at radius 2 is 1.68 bits per heavy atom. The van der Waals surface area contributed by atoms with Crippen molar-refractivity contribution >= 4 is 23.2 Å². The third kappa shape index (κ3) is 5.79. The van der Waals surface area contributed by atoms with Crippen LogP contribution in [0.25, 0.3) is 0 Å². The molecule has 25 heavy (non-hydrogen) atoms. The molecule has 0 unspecified atom stereocenters. The Morgan fingerprint density at radius 3 is 2.24 bits per heavy atom. The summed E-state index contributed by atoms with van der Waals surface area (Å²) in [7, 11) is 0. The number of aromatic nitrogens is 1. The maximum Gasteiger partial charge on any atom is 0.422 e. The van der Waals surface area contributed by atoms with E-state index >= 15 is 0 Å². The summed E-state index contributed by atoms with van der Waals surface area (Å²) >= 11 is 0. The number of alkyl halides is 3. The number of ether oxygens (including phenoxy) is 1. The molecule has 0 aliphatic carbocycles. The van der Waals surface area contributed by atoms with Crippen LogP contribution in [-0.4, -0.2) is 29.6 Å². The Morgan fingerprint density at radius 1 is 1.08 bits per heavy atom. The minimum atomic E-state index is -4.54. The smallest absolute Gasteiger partial charge is 0.422 e. The van der Waals surface area contributed by atoms with Gasteiger partial charge in [-0.15, -0.1) is 0 Å². The molecule has 2 N–H and O–H groups in total. The van der Waals surface area contributed by atoms with E-state index < -0.39 is 24.6 Å². The molecule has 0 spiro atoms. The summed E-state index contributed by atoms with van der Waals surface area (Å²) in [5, 5.41) is 5.09. The first-order chi connectivity index (χ1) is 11.7.